The van der Waals surface area contributed by atoms with Crippen LogP contribution in [-0.4, -0.2) is 37.4 Å². The zero-order valence-electron chi connectivity index (χ0n) is 13.9. The van der Waals surface area contributed by atoms with Crippen molar-refractivity contribution in [1.29, 1.82) is 0 Å². The third-order valence-corrected chi connectivity index (χ3v) is 5.61. The maximum Gasteiger partial charge on any atom is 0.256 e. The first-order valence-corrected chi connectivity index (χ1v) is 9.70. The highest BCUT2D eigenvalue weighted by molar-refractivity contribution is 7.90. The lowest BCUT2D eigenvalue weighted by Gasteiger charge is -2.28. The Morgan fingerprint density at radius 1 is 1.27 bits per heavy atom. The second-order valence-corrected chi connectivity index (χ2v) is 7.96. The second-order valence-electron chi connectivity index (χ2n) is 6.21. The van der Waals surface area contributed by atoms with E-state index in [0.717, 1.165) is 18.7 Å². The normalized spacial score (nSPS) is 19.6. The standard InChI is InChI=1S/C17H18N4O3S.ClH/c22-17(19-9-12-3-4-13-10-18-11-14(13)8-12)15-2-1-5-21-6-7-25(23,24)20-16(15)21;/h1-5,8,18H,6-7,9-11H2,(H,19,22);1H. The molecule has 26 heavy (non-hydrogen) atoms. The van der Waals surface area contributed by atoms with Gasteiger partial charge in [-0.1, -0.05) is 18.2 Å². The molecule has 2 N–H and O–H groups in total. The SMILES string of the molecule is Cl.O=C(NCc1ccc2c(c1)CNC2)C1=CC=CN2CCS(=O)(=O)N=C12. The van der Waals surface area contributed by atoms with Crippen molar-refractivity contribution in [1.82, 2.24) is 15.5 Å². The number of nitrogens with one attached hydrogen (secondary N) is 2. The molecule has 3 heterocycles. The van der Waals surface area contributed by atoms with Crippen LogP contribution in [0.1, 0.15) is 16.7 Å². The third-order valence-electron chi connectivity index (χ3n) is 4.46. The Morgan fingerprint density at radius 3 is 2.92 bits per heavy atom. The van der Waals surface area contributed by atoms with Crippen molar-refractivity contribution in [2.24, 2.45) is 4.40 Å². The van der Waals surface area contributed by atoms with Crippen LogP contribution in [0.15, 0.2) is 46.5 Å². The van der Waals surface area contributed by atoms with Gasteiger partial charge in [-0.15, -0.1) is 16.8 Å². The molecule has 1 amide bonds. The number of rotatable bonds is 3. The summed E-state index contributed by atoms with van der Waals surface area (Å²) < 4.78 is 27.3. The molecule has 0 saturated heterocycles. The van der Waals surface area contributed by atoms with Crippen LogP contribution in [0.3, 0.4) is 0 Å². The van der Waals surface area contributed by atoms with E-state index in [0.29, 0.717) is 13.1 Å². The topological polar surface area (TPSA) is 90.9 Å². The van der Waals surface area contributed by atoms with Crippen LogP contribution in [-0.2, 0) is 34.5 Å². The molecule has 0 spiro atoms. The van der Waals surface area contributed by atoms with Gasteiger partial charge in [0.1, 0.15) is 0 Å². The number of amides is 1. The molecule has 0 bridgehead atoms. The summed E-state index contributed by atoms with van der Waals surface area (Å²) in [6.45, 7) is 2.41. The minimum atomic E-state index is -3.51. The van der Waals surface area contributed by atoms with Gasteiger partial charge in [0.05, 0.1) is 11.3 Å². The van der Waals surface area contributed by atoms with E-state index in [9.17, 15) is 13.2 Å². The van der Waals surface area contributed by atoms with Crippen molar-refractivity contribution in [2.45, 2.75) is 19.6 Å². The molecule has 0 unspecified atom stereocenters. The first kappa shape index (κ1) is 18.6. The summed E-state index contributed by atoms with van der Waals surface area (Å²) in [6.07, 6.45) is 5.06. The van der Waals surface area contributed by atoms with Gasteiger partial charge in [0.15, 0.2) is 5.84 Å². The number of halogens is 1. The van der Waals surface area contributed by atoms with Crippen molar-refractivity contribution in [3.05, 3.63) is 58.8 Å². The van der Waals surface area contributed by atoms with Crippen molar-refractivity contribution in [3.63, 3.8) is 0 Å². The van der Waals surface area contributed by atoms with E-state index in [1.807, 2.05) is 6.07 Å². The van der Waals surface area contributed by atoms with Crippen LogP contribution < -0.4 is 10.6 Å². The van der Waals surface area contributed by atoms with Gasteiger partial charge in [-0.3, -0.25) is 4.79 Å². The fraction of sp³-hybridized carbons (Fsp3) is 0.294. The molecule has 9 heteroatoms. The molecule has 3 aliphatic rings. The number of hydrogen-bond donors (Lipinski definition) is 2. The van der Waals surface area contributed by atoms with Crippen molar-refractivity contribution in [3.8, 4) is 0 Å². The van der Waals surface area contributed by atoms with Gasteiger partial charge in [0.25, 0.3) is 15.9 Å². The Morgan fingerprint density at radius 2 is 2.08 bits per heavy atom. The van der Waals surface area contributed by atoms with Crippen LogP contribution in [0.5, 0.6) is 0 Å². The summed E-state index contributed by atoms with van der Waals surface area (Å²) in [6, 6.07) is 6.15. The minimum Gasteiger partial charge on any atom is -0.348 e. The summed E-state index contributed by atoms with van der Waals surface area (Å²) in [5.41, 5.74) is 3.82. The number of carbonyl (C=O) groups is 1. The number of benzene rings is 1. The lowest BCUT2D eigenvalue weighted by atomic mass is 10.1. The maximum absolute atomic E-state index is 12.5. The summed E-state index contributed by atoms with van der Waals surface area (Å²) >= 11 is 0. The predicted molar refractivity (Wildman–Crippen MR) is 101 cm³/mol. The highest BCUT2D eigenvalue weighted by Crippen LogP contribution is 2.19. The molecule has 3 aliphatic heterocycles. The van der Waals surface area contributed by atoms with E-state index in [1.165, 1.54) is 11.1 Å². The van der Waals surface area contributed by atoms with E-state index >= 15 is 0 Å². The fourth-order valence-corrected chi connectivity index (χ4v) is 4.11. The quantitative estimate of drug-likeness (QED) is 0.792. The predicted octanol–water partition coefficient (Wildman–Crippen LogP) is 0.825. The Bertz CT molecular complexity index is 937. The van der Waals surface area contributed by atoms with Crippen LogP contribution in [0, 0.1) is 0 Å². The van der Waals surface area contributed by atoms with Crippen LogP contribution in [0.4, 0.5) is 0 Å². The zero-order valence-corrected chi connectivity index (χ0v) is 15.6. The molecule has 0 radical (unpaired) electrons. The molecular formula is C17H19ClN4O3S. The summed E-state index contributed by atoms with van der Waals surface area (Å²) in [5.74, 6) is -0.174. The molecule has 7 nitrogen and oxygen atoms in total. The molecule has 0 aliphatic carbocycles. The Labute approximate surface area is 158 Å². The van der Waals surface area contributed by atoms with E-state index < -0.39 is 10.0 Å². The summed E-state index contributed by atoms with van der Waals surface area (Å²) in [7, 11) is -3.51. The number of allylic oxidation sites excluding steroid dienone is 2. The van der Waals surface area contributed by atoms with E-state index in [4.69, 9.17) is 0 Å². The molecule has 0 aromatic heterocycles. The smallest absolute Gasteiger partial charge is 0.256 e. The van der Waals surface area contributed by atoms with Gasteiger partial charge < -0.3 is 15.5 Å². The van der Waals surface area contributed by atoms with Gasteiger partial charge in [-0.2, -0.15) is 0 Å². The highest BCUT2D eigenvalue weighted by Gasteiger charge is 2.29. The first-order chi connectivity index (χ1) is 12.0. The van der Waals surface area contributed by atoms with E-state index in [-0.39, 0.29) is 35.5 Å². The van der Waals surface area contributed by atoms with Gasteiger partial charge in [-0.25, -0.2) is 8.42 Å². The summed E-state index contributed by atoms with van der Waals surface area (Å²) in [5, 5.41) is 6.14. The molecule has 4 rings (SSSR count). The lowest BCUT2D eigenvalue weighted by molar-refractivity contribution is -0.117. The minimum absolute atomic E-state index is 0. The number of amidine groups is 1. The van der Waals surface area contributed by atoms with Crippen molar-refractivity contribution in [2.75, 3.05) is 12.3 Å². The number of fused-ring (bicyclic) bond motifs is 2. The molecule has 138 valence electrons. The van der Waals surface area contributed by atoms with Gasteiger partial charge in [-0.05, 0) is 28.8 Å². The van der Waals surface area contributed by atoms with Crippen LogP contribution in [0.2, 0.25) is 0 Å². The molecule has 1 aromatic carbocycles. The van der Waals surface area contributed by atoms with Crippen LogP contribution >= 0.6 is 12.4 Å². The molecular weight excluding hydrogens is 376 g/mol. The Balaban J connectivity index is 0.00000196. The average Bonchev–Trinajstić information content (AvgIpc) is 3.06. The zero-order chi connectivity index (χ0) is 17.4. The monoisotopic (exact) mass is 394 g/mol. The number of hydrogen-bond acceptors (Lipinski definition) is 5. The van der Waals surface area contributed by atoms with Crippen LogP contribution in [0.25, 0.3) is 0 Å². The van der Waals surface area contributed by atoms with Gasteiger partial charge >= 0.3 is 0 Å². The second kappa shape index (κ2) is 7.22. The van der Waals surface area contributed by atoms with Crippen molar-refractivity contribution < 1.29 is 13.2 Å². The highest BCUT2D eigenvalue weighted by atomic mass is 35.5. The molecule has 1 aromatic rings. The van der Waals surface area contributed by atoms with Crippen molar-refractivity contribution >= 4 is 34.2 Å². The number of nitrogens with zero attached hydrogens (tertiary/aromatic N) is 2. The summed E-state index contributed by atoms with van der Waals surface area (Å²) in [4.78, 5) is 14.2. The number of carbonyl (C=O) groups excluding carboxylic acids is 1. The molecule has 0 fully saturated rings. The molecule has 0 atom stereocenters. The van der Waals surface area contributed by atoms with E-state index in [2.05, 4.69) is 27.2 Å². The van der Waals surface area contributed by atoms with E-state index in [1.54, 1.807) is 23.3 Å². The fourth-order valence-electron chi connectivity index (χ4n) is 3.13. The Kier molecular flexibility index (Phi) is 5.17. The third kappa shape index (κ3) is 3.67. The first-order valence-electron chi connectivity index (χ1n) is 8.10. The number of sulfonamides is 1. The lowest BCUT2D eigenvalue weighted by Crippen LogP contribution is -2.42. The van der Waals surface area contributed by atoms with Gasteiger partial charge in [0.2, 0.25) is 0 Å². The Hall–Kier alpha value is -2.16. The average molecular weight is 395 g/mol. The largest absolute Gasteiger partial charge is 0.348 e. The maximum atomic E-state index is 12.5. The van der Waals surface area contributed by atoms with Gasteiger partial charge in [0, 0.05) is 32.4 Å². The molecule has 0 saturated carbocycles.